The molecule has 5 atom stereocenters. The van der Waals surface area contributed by atoms with E-state index >= 15 is 0 Å². The van der Waals surface area contributed by atoms with Crippen LogP contribution in [0.2, 0.25) is 0 Å². The minimum absolute atomic E-state index is 0.0374. The van der Waals surface area contributed by atoms with Crippen LogP contribution in [0.5, 0.6) is 0 Å². The van der Waals surface area contributed by atoms with Crippen LogP contribution in [0.4, 0.5) is 5.69 Å². The molecule has 1 amide bonds. The number of nitrogens with one attached hydrogen (secondary N) is 1. The zero-order valence-electron chi connectivity index (χ0n) is 19.1. The van der Waals surface area contributed by atoms with Crippen molar-refractivity contribution >= 4 is 45.5 Å². The molecule has 7 rings (SSSR count). The summed E-state index contributed by atoms with van der Waals surface area (Å²) in [6.45, 7) is 0.0374. The molecule has 2 aromatic carbocycles. The van der Waals surface area contributed by atoms with Gasteiger partial charge in [-0.15, -0.1) is 11.8 Å². The predicted molar refractivity (Wildman–Crippen MR) is 141 cm³/mol. The Morgan fingerprint density at radius 3 is 2.77 bits per heavy atom. The van der Waals surface area contributed by atoms with Gasteiger partial charge in [-0.2, -0.15) is 0 Å². The molecule has 0 saturated heterocycles. The molecule has 2 aromatic heterocycles. The fourth-order valence-corrected chi connectivity index (χ4v) is 9.78. The minimum Gasteiger partial charge on any atom is -0.325 e. The number of amides is 1. The zero-order chi connectivity index (χ0) is 23.5. The number of hydrogen-bond acceptors (Lipinski definition) is 5. The molecule has 0 unspecified atom stereocenters. The Bertz CT molecular complexity index is 1500. The summed E-state index contributed by atoms with van der Waals surface area (Å²) >= 11 is 3.18. The van der Waals surface area contributed by atoms with Crippen LogP contribution >= 0.6 is 23.1 Å². The number of thioether (sulfide) groups is 1. The molecule has 5 nitrogen and oxygen atoms in total. The molecule has 2 saturated carbocycles. The molecule has 4 aromatic rings. The van der Waals surface area contributed by atoms with Crippen molar-refractivity contribution in [2.24, 2.45) is 17.8 Å². The average Bonchev–Trinajstić information content (AvgIpc) is 3.57. The molecule has 7 heteroatoms. The van der Waals surface area contributed by atoms with Gasteiger partial charge < -0.3 is 5.32 Å². The summed E-state index contributed by atoms with van der Waals surface area (Å²) < 4.78 is 1.71. The first-order valence-electron chi connectivity index (χ1n) is 12.2. The lowest BCUT2D eigenvalue weighted by atomic mass is 9.75. The number of benzene rings is 2. The van der Waals surface area contributed by atoms with E-state index < -0.39 is 0 Å². The molecular formula is C28H25N3O2S2. The highest BCUT2D eigenvalue weighted by Crippen LogP contribution is 2.63. The van der Waals surface area contributed by atoms with Crippen LogP contribution in [0.3, 0.4) is 0 Å². The van der Waals surface area contributed by atoms with Gasteiger partial charge in [0.05, 0.1) is 5.03 Å². The van der Waals surface area contributed by atoms with E-state index in [-0.39, 0.29) is 23.2 Å². The van der Waals surface area contributed by atoms with Gasteiger partial charge in [-0.1, -0.05) is 47.7 Å². The number of carbonyl (C=O) groups is 1. The van der Waals surface area contributed by atoms with Crippen molar-refractivity contribution < 1.29 is 4.79 Å². The summed E-state index contributed by atoms with van der Waals surface area (Å²) in [6.07, 6.45) is 7.65. The smallest absolute Gasteiger partial charge is 0.308 e. The largest absolute Gasteiger partial charge is 0.325 e. The van der Waals surface area contributed by atoms with Crippen molar-refractivity contribution in [1.82, 2.24) is 9.55 Å². The van der Waals surface area contributed by atoms with Crippen molar-refractivity contribution in [2.45, 2.75) is 42.0 Å². The first kappa shape index (κ1) is 21.4. The predicted octanol–water partition coefficient (Wildman–Crippen LogP) is 5.75. The van der Waals surface area contributed by atoms with Gasteiger partial charge in [0.15, 0.2) is 0 Å². The monoisotopic (exact) mass is 499 g/mol. The normalized spacial score (nSPS) is 26.5. The van der Waals surface area contributed by atoms with Crippen LogP contribution < -0.4 is 10.2 Å². The summed E-state index contributed by atoms with van der Waals surface area (Å²) in [5, 5.41) is 6.72. The van der Waals surface area contributed by atoms with Gasteiger partial charge in [0.1, 0.15) is 6.54 Å². The Morgan fingerprint density at radius 1 is 1.06 bits per heavy atom. The molecule has 2 aliphatic carbocycles. The number of thiazole rings is 1. The molecular weight excluding hydrogens is 474 g/mol. The quantitative estimate of drug-likeness (QED) is 0.388. The number of carbonyl (C=O) groups excluding carboxylic acids is 1. The summed E-state index contributed by atoms with van der Waals surface area (Å²) in [7, 11) is 0. The first-order chi connectivity index (χ1) is 17.2. The summed E-state index contributed by atoms with van der Waals surface area (Å²) in [5.41, 5.74) is 1.95. The number of hydrogen-bond donors (Lipinski definition) is 1. The van der Waals surface area contributed by atoms with E-state index in [4.69, 9.17) is 0 Å². The molecule has 0 radical (unpaired) electrons. The van der Waals surface area contributed by atoms with E-state index in [0.717, 1.165) is 32.3 Å². The van der Waals surface area contributed by atoms with E-state index in [2.05, 4.69) is 22.4 Å². The van der Waals surface area contributed by atoms with Crippen molar-refractivity contribution in [3.05, 3.63) is 87.1 Å². The number of pyridine rings is 1. The maximum absolute atomic E-state index is 13.2. The molecule has 2 fully saturated rings. The van der Waals surface area contributed by atoms with Crippen LogP contribution in [-0.2, 0) is 11.3 Å². The fourth-order valence-electron chi connectivity index (χ4n) is 6.63. The number of anilines is 1. The average molecular weight is 500 g/mol. The van der Waals surface area contributed by atoms with Gasteiger partial charge in [-0.05, 0) is 71.6 Å². The Kier molecular flexibility index (Phi) is 5.10. The second kappa shape index (κ2) is 8.35. The van der Waals surface area contributed by atoms with Gasteiger partial charge >= 0.3 is 4.87 Å². The van der Waals surface area contributed by atoms with Gasteiger partial charge in [-0.25, -0.2) is 0 Å². The number of aromatic nitrogens is 2. The SMILES string of the molecule is O=C(Cn1c2c(sc1=O)[C@@H](c1cccnc1)[C@@H]1[C@H]3CC[C@@H](C3)[C@H]1S2)Nc1ccc2ccccc2c1. The summed E-state index contributed by atoms with van der Waals surface area (Å²) in [4.78, 5) is 31.8. The topological polar surface area (TPSA) is 64.0 Å². The standard InChI is InChI=1S/C28H25N3O2S2/c32-22(30-21-10-9-16-4-1-2-5-17(16)13-21)15-31-27-26(35-28(31)33)24(20-6-3-11-29-14-20)23-18-7-8-19(12-18)25(23)34-27/h1-6,9-11,13-14,18-19,23-25H,7-8,12,15H2,(H,30,32)/t18-,19-,23-,24-,25+/m0/s1. The van der Waals surface area contributed by atoms with Crippen molar-refractivity contribution in [3.8, 4) is 0 Å². The van der Waals surface area contributed by atoms with E-state index in [9.17, 15) is 9.59 Å². The maximum atomic E-state index is 13.2. The van der Waals surface area contributed by atoms with Crippen molar-refractivity contribution in [3.63, 3.8) is 0 Å². The zero-order valence-corrected chi connectivity index (χ0v) is 20.7. The highest BCUT2D eigenvalue weighted by molar-refractivity contribution is 8.00. The van der Waals surface area contributed by atoms with Crippen LogP contribution in [0, 0.1) is 17.8 Å². The van der Waals surface area contributed by atoms with E-state index in [0.29, 0.717) is 17.1 Å². The highest BCUT2D eigenvalue weighted by atomic mass is 32.2. The third-order valence-corrected chi connectivity index (χ3v) is 10.9. The van der Waals surface area contributed by atoms with Gasteiger partial charge in [-0.3, -0.25) is 19.1 Å². The molecule has 2 bridgehead atoms. The lowest BCUT2D eigenvalue weighted by Crippen LogP contribution is -2.34. The Morgan fingerprint density at radius 2 is 1.91 bits per heavy atom. The van der Waals surface area contributed by atoms with Crippen molar-refractivity contribution in [1.29, 1.82) is 0 Å². The second-order valence-corrected chi connectivity index (χ2v) is 12.2. The van der Waals surface area contributed by atoms with E-state index in [1.54, 1.807) is 4.57 Å². The second-order valence-electron chi connectivity index (χ2n) is 9.99. The van der Waals surface area contributed by atoms with Crippen LogP contribution in [-0.4, -0.2) is 20.7 Å². The van der Waals surface area contributed by atoms with Crippen LogP contribution in [0.25, 0.3) is 10.8 Å². The molecule has 35 heavy (non-hydrogen) atoms. The fraction of sp³-hybridized carbons (Fsp3) is 0.321. The molecule has 176 valence electrons. The lowest BCUT2D eigenvalue weighted by molar-refractivity contribution is -0.116. The van der Waals surface area contributed by atoms with Gasteiger partial charge in [0, 0.05) is 34.1 Å². The minimum atomic E-state index is -0.170. The third kappa shape index (κ3) is 3.55. The number of nitrogens with zero attached hydrogens (tertiary/aromatic N) is 2. The number of fused-ring (bicyclic) bond motifs is 7. The van der Waals surface area contributed by atoms with Crippen LogP contribution in [0.1, 0.15) is 35.6 Å². The first-order valence-corrected chi connectivity index (χ1v) is 13.9. The molecule has 3 heterocycles. The molecule has 3 aliphatic rings. The van der Waals surface area contributed by atoms with Gasteiger partial charge in [0.2, 0.25) is 5.91 Å². The summed E-state index contributed by atoms with van der Waals surface area (Å²) in [5.74, 6) is 2.00. The Balaban J connectivity index is 1.22. The maximum Gasteiger partial charge on any atom is 0.308 e. The Hall–Kier alpha value is -2.90. The van der Waals surface area contributed by atoms with Crippen LogP contribution in [0.15, 0.2) is 76.8 Å². The summed E-state index contributed by atoms with van der Waals surface area (Å²) in [6, 6.07) is 18.1. The number of rotatable bonds is 4. The van der Waals surface area contributed by atoms with E-state index in [1.165, 1.54) is 36.2 Å². The molecule has 0 spiro atoms. The third-order valence-electron chi connectivity index (χ3n) is 8.07. The van der Waals surface area contributed by atoms with Crippen molar-refractivity contribution in [2.75, 3.05) is 5.32 Å². The molecule has 1 aliphatic heterocycles. The van der Waals surface area contributed by atoms with E-state index in [1.807, 2.05) is 66.6 Å². The van der Waals surface area contributed by atoms with Gasteiger partial charge in [0.25, 0.3) is 0 Å². The highest BCUT2D eigenvalue weighted by Gasteiger charge is 2.55. The molecule has 1 N–H and O–H groups in total. The Labute approximate surface area is 211 Å². The lowest BCUT2D eigenvalue weighted by Gasteiger charge is -2.40.